The summed E-state index contributed by atoms with van der Waals surface area (Å²) in [6, 6.07) is 0. The third-order valence-corrected chi connectivity index (χ3v) is 3.86. The molecule has 0 spiro atoms. The van der Waals surface area contributed by atoms with Crippen LogP contribution in [0.1, 0.15) is 78.1 Å². The second-order valence-electron chi connectivity index (χ2n) is 5.45. The predicted octanol–water partition coefficient (Wildman–Crippen LogP) is 3.76. The topological polar surface area (TPSA) is 66.8 Å². The predicted molar refractivity (Wildman–Crippen MR) is 80.9 cm³/mol. The first kappa shape index (κ1) is 19.4. The number of rotatable bonds is 14. The molecule has 1 atom stereocenters. The zero-order valence-electron chi connectivity index (χ0n) is 13.2. The maximum absolute atomic E-state index is 11.4. The van der Waals surface area contributed by atoms with Crippen molar-refractivity contribution < 1.29 is 19.7 Å². The van der Waals surface area contributed by atoms with Crippen molar-refractivity contribution in [3.8, 4) is 0 Å². The zero-order valence-corrected chi connectivity index (χ0v) is 13.2. The number of ether oxygens (including phenoxy) is 1. The second kappa shape index (κ2) is 12.2. The van der Waals surface area contributed by atoms with E-state index in [1.165, 1.54) is 38.5 Å². The molecule has 4 nitrogen and oxygen atoms in total. The van der Waals surface area contributed by atoms with Gasteiger partial charge in [-0.1, -0.05) is 58.8 Å². The van der Waals surface area contributed by atoms with Gasteiger partial charge in [0.25, 0.3) is 0 Å². The fraction of sp³-hybridized carbons (Fsp3) is 0.938. The number of carbonyl (C=O) groups is 1. The van der Waals surface area contributed by atoms with Crippen molar-refractivity contribution in [2.24, 2.45) is 0 Å². The highest BCUT2D eigenvalue weighted by atomic mass is 16.5. The molecule has 0 aromatic rings. The molecule has 0 bridgehead atoms. The van der Waals surface area contributed by atoms with Gasteiger partial charge in [0.1, 0.15) is 0 Å². The molecule has 0 aliphatic heterocycles. The van der Waals surface area contributed by atoms with Gasteiger partial charge in [0.15, 0.2) is 5.60 Å². The van der Waals surface area contributed by atoms with E-state index in [0.29, 0.717) is 12.8 Å². The number of aliphatic carboxylic acids is 1. The molecular formula is C16H32O4. The Hall–Kier alpha value is -0.610. The molecule has 2 N–H and O–H groups in total. The summed E-state index contributed by atoms with van der Waals surface area (Å²) in [6.45, 7) is 4.00. The lowest BCUT2D eigenvalue weighted by molar-refractivity contribution is -0.169. The number of hydrogen-bond donors (Lipinski definition) is 2. The van der Waals surface area contributed by atoms with Gasteiger partial charge in [-0.3, -0.25) is 0 Å². The second-order valence-corrected chi connectivity index (χ2v) is 5.45. The smallest absolute Gasteiger partial charge is 0.335 e. The van der Waals surface area contributed by atoms with Gasteiger partial charge in [0.05, 0.1) is 13.2 Å². The van der Waals surface area contributed by atoms with E-state index in [1.807, 2.05) is 6.92 Å². The van der Waals surface area contributed by atoms with Gasteiger partial charge in [0.2, 0.25) is 0 Å². The molecule has 120 valence electrons. The molecule has 0 fully saturated rings. The Labute approximate surface area is 123 Å². The van der Waals surface area contributed by atoms with Crippen LogP contribution in [0.3, 0.4) is 0 Å². The van der Waals surface area contributed by atoms with Crippen molar-refractivity contribution in [3.05, 3.63) is 0 Å². The summed E-state index contributed by atoms with van der Waals surface area (Å²) in [6.07, 6.45) is 10.5. The molecule has 0 saturated heterocycles. The Morgan fingerprint density at radius 1 is 1.00 bits per heavy atom. The van der Waals surface area contributed by atoms with Crippen molar-refractivity contribution in [1.82, 2.24) is 0 Å². The molecule has 20 heavy (non-hydrogen) atoms. The summed E-state index contributed by atoms with van der Waals surface area (Å²) in [5, 5.41) is 18.1. The van der Waals surface area contributed by atoms with E-state index in [0.717, 1.165) is 12.8 Å². The van der Waals surface area contributed by atoms with Crippen LogP contribution < -0.4 is 0 Å². The zero-order chi connectivity index (χ0) is 15.3. The minimum Gasteiger partial charge on any atom is -0.479 e. The van der Waals surface area contributed by atoms with E-state index in [4.69, 9.17) is 9.84 Å². The Balaban J connectivity index is 3.87. The van der Waals surface area contributed by atoms with Gasteiger partial charge in [-0.2, -0.15) is 0 Å². The number of aliphatic hydroxyl groups excluding tert-OH is 1. The molecule has 0 aliphatic rings. The summed E-state index contributed by atoms with van der Waals surface area (Å²) in [5.41, 5.74) is -1.11. The minimum atomic E-state index is -1.11. The van der Waals surface area contributed by atoms with Crippen molar-refractivity contribution in [1.29, 1.82) is 0 Å². The van der Waals surface area contributed by atoms with E-state index in [9.17, 15) is 9.90 Å². The molecule has 1 unspecified atom stereocenters. The van der Waals surface area contributed by atoms with Crippen molar-refractivity contribution in [2.75, 3.05) is 13.2 Å². The van der Waals surface area contributed by atoms with E-state index in [2.05, 4.69) is 6.92 Å². The van der Waals surface area contributed by atoms with Crippen molar-refractivity contribution >= 4 is 5.97 Å². The maximum Gasteiger partial charge on any atom is 0.335 e. The molecule has 0 heterocycles. The van der Waals surface area contributed by atoms with Crippen molar-refractivity contribution in [3.63, 3.8) is 0 Å². The van der Waals surface area contributed by atoms with E-state index in [-0.39, 0.29) is 13.2 Å². The molecule has 0 aromatic carbocycles. The molecule has 0 aliphatic carbocycles. The van der Waals surface area contributed by atoms with Crippen LogP contribution in [0.2, 0.25) is 0 Å². The SMILES string of the molecule is CCCCCCCCCCC(CC)(OCCO)C(=O)O. The van der Waals surface area contributed by atoms with Gasteiger partial charge in [0, 0.05) is 0 Å². The fourth-order valence-corrected chi connectivity index (χ4v) is 2.46. The molecule has 4 heteroatoms. The highest BCUT2D eigenvalue weighted by Gasteiger charge is 2.36. The lowest BCUT2D eigenvalue weighted by atomic mass is 9.92. The fourth-order valence-electron chi connectivity index (χ4n) is 2.46. The van der Waals surface area contributed by atoms with Gasteiger partial charge in [-0.25, -0.2) is 4.79 Å². The summed E-state index contributed by atoms with van der Waals surface area (Å²) in [5.74, 6) is -0.906. The maximum atomic E-state index is 11.4. The Morgan fingerprint density at radius 3 is 2.00 bits per heavy atom. The largest absolute Gasteiger partial charge is 0.479 e. The van der Waals surface area contributed by atoms with Crippen LogP contribution in [0, 0.1) is 0 Å². The van der Waals surface area contributed by atoms with Crippen LogP contribution in [-0.4, -0.2) is 35.0 Å². The first-order valence-electron chi connectivity index (χ1n) is 8.11. The number of unbranched alkanes of at least 4 members (excludes halogenated alkanes) is 7. The monoisotopic (exact) mass is 288 g/mol. The number of carboxylic acid groups (broad SMARTS) is 1. The minimum absolute atomic E-state index is 0.0944. The average molecular weight is 288 g/mol. The number of hydrogen-bond acceptors (Lipinski definition) is 3. The lowest BCUT2D eigenvalue weighted by Gasteiger charge is -2.28. The Bertz CT molecular complexity index is 243. The normalized spacial score (nSPS) is 14.2. The summed E-state index contributed by atoms with van der Waals surface area (Å²) >= 11 is 0. The molecule has 0 saturated carbocycles. The highest BCUT2D eigenvalue weighted by molar-refractivity contribution is 5.77. The van der Waals surface area contributed by atoms with E-state index < -0.39 is 11.6 Å². The van der Waals surface area contributed by atoms with Crippen LogP contribution in [-0.2, 0) is 9.53 Å². The van der Waals surface area contributed by atoms with Crippen LogP contribution in [0.15, 0.2) is 0 Å². The molecule has 0 aromatic heterocycles. The first-order valence-corrected chi connectivity index (χ1v) is 8.11. The van der Waals surface area contributed by atoms with Gasteiger partial charge < -0.3 is 14.9 Å². The lowest BCUT2D eigenvalue weighted by Crippen LogP contribution is -2.41. The quantitative estimate of drug-likeness (QED) is 0.478. The molecule has 0 radical (unpaired) electrons. The number of aliphatic hydroxyl groups is 1. The van der Waals surface area contributed by atoms with Crippen molar-refractivity contribution in [2.45, 2.75) is 83.7 Å². The third-order valence-electron chi connectivity index (χ3n) is 3.86. The van der Waals surface area contributed by atoms with Crippen LogP contribution in [0.25, 0.3) is 0 Å². The molecular weight excluding hydrogens is 256 g/mol. The third kappa shape index (κ3) is 7.85. The average Bonchev–Trinajstić information content (AvgIpc) is 2.45. The summed E-state index contributed by atoms with van der Waals surface area (Å²) in [4.78, 5) is 11.4. The van der Waals surface area contributed by atoms with Crippen LogP contribution in [0.4, 0.5) is 0 Å². The highest BCUT2D eigenvalue weighted by Crippen LogP contribution is 2.24. The summed E-state index contributed by atoms with van der Waals surface area (Å²) in [7, 11) is 0. The van der Waals surface area contributed by atoms with Gasteiger partial charge in [-0.05, 0) is 19.3 Å². The van der Waals surface area contributed by atoms with Gasteiger partial charge >= 0.3 is 5.97 Å². The standard InChI is InChI=1S/C16H32O4/c1-3-5-6-7-8-9-10-11-12-16(4-2,15(18)19)20-14-13-17/h17H,3-14H2,1-2H3,(H,18,19). The number of carboxylic acids is 1. The first-order chi connectivity index (χ1) is 9.63. The Kier molecular flexibility index (Phi) is 11.8. The summed E-state index contributed by atoms with van der Waals surface area (Å²) < 4.78 is 5.40. The van der Waals surface area contributed by atoms with Crippen LogP contribution >= 0.6 is 0 Å². The van der Waals surface area contributed by atoms with E-state index in [1.54, 1.807) is 0 Å². The van der Waals surface area contributed by atoms with E-state index >= 15 is 0 Å². The molecule has 0 rings (SSSR count). The molecule has 0 amide bonds. The van der Waals surface area contributed by atoms with Crippen LogP contribution in [0.5, 0.6) is 0 Å². The van der Waals surface area contributed by atoms with Gasteiger partial charge in [-0.15, -0.1) is 0 Å². The Morgan fingerprint density at radius 2 is 1.55 bits per heavy atom.